The van der Waals surface area contributed by atoms with E-state index in [0.29, 0.717) is 18.8 Å². The third-order valence-corrected chi connectivity index (χ3v) is 3.49. The summed E-state index contributed by atoms with van der Waals surface area (Å²) in [6, 6.07) is 9.16. The molecule has 1 atom stereocenters. The molecule has 19 heavy (non-hydrogen) atoms. The van der Waals surface area contributed by atoms with Crippen molar-refractivity contribution >= 4 is 28.6 Å². The van der Waals surface area contributed by atoms with Crippen LogP contribution in [0, 0.1) is 5.92 Å². The van der Waals surface area contributed by atoms with Gasteiger partial charge in [-0.05, 0) is 35.8 Å². The van der Waals surface area contributed by atoms with Gasteiger partial charge in [0.1, 0.15) is 5.75 Å². The predicted molar refractivity (Wildman–Crippen MR) is 84.8 cm³/mol. The third-order valence-electron chi connectivity index (χ3n) is 2.73. The highest BCUT2D eigenvalue weighted by molar-refractivity contribution is 14.1. The van der Waals surface area contributed by atoms with Gasteiger partial charge in [-0.1, -0.05) is 47.7 Å². The zero-order valence-electron chi connectivity index (χ0n) is 11.3. The Morgan fingerprint density at radius 2 is 1.95 bits per heavy atom. The molecule has 0 aliphatic carbocycles. The molecule has 0 N–H and O–H groups in total. The van der Waals surface area contributed by atoms with Crippen LogP contribution in [0.25, 0.3) is 0 Å². The summed E-state index contributed by atoms with van der Waals surface area (Å²) >= 11 is 2.36. The average molecular weight is 376 g/mol. The van der Waals surface area contributed by atoms with Crippen molar-refractivity contribution < 1.29 is 14.3 Å². The van der Waals surface area contributed by atoms with Gasteiger partial charge >= 0.3 is 5.97 Å². The normalized spacial score (nSPS) is 12.1. The summed E-state index contributed by atoms with van der Waals surface area (Å²) in [6.45, 7) is 3.27. The summed E-state index contributed by atoms with van der Waals surface area (Å²) in [6.07, 6.45) is 2.98. The SMILES string of the molecule is CC(CCOCCCCI)C(=O)Oc1ccccc1. The van der Waals surface area contributed by atoms with Crippen molar-refractivity contribution in [3.63, 3.8) is 0 Å². The molecule has 1 rings (SSSR count). The molecule has 3 nitrogen and oxygen atoms in total. The van der Waals surface area contributed by atoms with Crippen LogP contribution < -0.4 is 4.74 Å². The lowest BCUT2D eigenvalue weighted by Gasteiger charge is -2.11. The van der Waals surface area contributed by atoms with E-state index < -0.39 is 0 Å². The van der Waals surface area contributed by atoms with Crippen molar-refractivity contribution in [1.29, 1.82) is 0 Å². The molecule has 0 radical (unpaired) electrons. The first-order valence-electron chi connectivity index (χ1n) is 6.64. The number of hydrogen-bond donors (Lipinski definition) is 0. The molecule has 0 amide bonds. The van der Waals surface area contributed by atoms with Crippen molar-refractivity contribution in [2.24, 2.45) is 5.92 Å². The second-order valence-electron chi connectivity index (χ2n) is 4.43. The molecule has 1 aromatic carbocycles. The van der Waals surface area contributed by atoms with Crippen LogP contribution in [0.15, 0.2) is 30.3 Å². The lowest BCUT2D eigenvalue weighted by atomic mass is 10.1. The van der Waals surface area contributed by atoms with E-state index in [1.807, 2.05) is 25.1 Å². The number of unbranched alkanes of at least 4 members (excludes halogenated alkanes) is 1. The number of benzene rings is 1. The van der Waals surface area contributed by atoms with Gasteiger partial charge in [0.25, 0.3) is 0 Å². The highest BCUT2D eigenvalue weighted by Gasteiger charge is 2.14. The molecule has 0 aromatic heterocycles. The Morgan fingerprint density at radius 3 is 2.63 bits per heavy atom. The Labute approximate surface area is 128 Å². The molecule has 0 fully saturated rings. The summed E-state index contributed by atoms with van der Waals surface area (Å²) in [7, 11) is 0. The molecule has 0 saturated heterocycles. The molecule has 4 heteroatoms. The number of carbonyl (C=O) groups is 1. The predicted octanol–water partition coefficient (Wildman–Crippen LogP) is 3.85. The quantitative estimate of drug-likeness (QED) is 0.216. The van der Waals surface area contributed by atoms with E-state index in [1.54, 1.807) is 12.1 Å². The Kier molecular flexibility index (Phi) is 8.82. The first kappa shape index (κ1) is 16.4. The van der Waals surface area contributed by atoms with E-state index >= 15 is 0 Å². The number of esters is 1. The average Bonchev–Trinajstić information content (AvgIpc) is 2.43. The summed E-state index contributed by atoms with van der Waals surface area (Å²) in [5.41, 5.74) is 0. The van der Waals surface area contributed by atoms with Gasteiger partial charge in [0.2, 0.25) is 0 Å². The minimum atomic E-state index is -0.193. The van der Waals surface area contributed by atoms with E-state index in [2.05, 4.69) is 22.6 Å². The van der Waals surface area contributed by atoms with Crippen LogP contribution in [0.2, 0.25) is 0 Å². The van der Waals surface area contributed by atoms with Gasteiger partial charge in [0.15, 0.2) is 0 Å². The van der Waals surface area contributed by atoms with E-state index in [9.17, 15) is 4.79 Å². The van der Waals surface area contributed by atoms with Crippen molar-refractivity contribution in [1.82, 2.24) is 0 Å². The number of halogens is 1. The van der Waals surface area contributed by atoms with E-state index in [4.69, 9.17) is 9.47 Å². The van der Waals surface area contributed by atoms with Crippen LogP contribution in [0.3, 0.4) is 0 Å². The molecule has 0 aliphatic heterocycles. The molecule has 0 saturated carbocycles. The fourth-order valence-electron chi connectivity index (χ4n) is 1.48. The highest BCUT2D eigenvalue weighted by Crippen LogP contribution is 2.12. The number of rotatable bonds is 9. The van der Waals surface area contributed by atoms with Crippen molar-refractivity contribution in [2.75, 3.05) is 17.6 Å². The van der Waals surface area contributed by atoms with Crippen molar-refractivity contribution in [3.8, 4) is 5.75 Å². The second kappa shape index (κ2) is 10.2. The summed E-state index contributed by atoms with van der Waals surface area (Å²) in [5.74, 6) is 0.272. The van der Waals surface area contributed by atoms with Gasteiger partial charge in [-0.2, -0.15) is 0 Å². The molecular weight excluding hydrogens is 355 g/mol. The molecule has 0 aliphatic rings. The van der Waals surface area contributed by atoms with Crippen LogP contribution in [0.1, 0.15) is 26.2 Å². The van der Waals surface area contributed by atoms with E-state index in [1.165, 1.54) is 10.8 Å². The molecule has 0 spiro atoms. The largest absolute Gasteiger partial charge is 0.426 e. The van der Waals surface area contributed by atoms with Gasteiger partial charge in [-0.3, -0.25) is 4.79 Å². The van der Waals surface area contributed by atoms with Crippen molar-refractivity contribution in [3.05, 3.63) is 30.3 Å². The Bertz CT molecular complexity index is 354. The summed E-state index contributed by atoms with van der Waals surface area (Å²) in [5, 5.41) is 0. The van der Waals surface area contributed by atoms with Crippen LogP contribution in [0.4, 0.5) is 0 Å². The fourth-order valence-corrected chi connectivity index (χ4v) is 2.02. The van der Waals surface area contributed by atoms with Gasteiger partial charge in [-0.25, -0.2) is 0 Å². The van der Waals surface area contributed by atoms with Crippen molar-refractivity contribution in [2.45, 2.75) is 26.2 Å². The summed E-state index contributed by atoms with van der Waals surface area (Å²) < 4.78 is 11.9. The monoisotopic (exact) mass is 376 g/mol. The summed E-state index contributed by atoms with van der Waals surface area (Å²) in [4.78, 5) is 11.8. The standard InChI is InChI=1S/C15H21IO3/c1-13(9-12-18-11-6-5-10-16)15(17)19-14-7-3-2-4-8-14/h2-4,7-8,13H,5-6,9-12H2,1H3. The second-order valence-corrected chi connectivity index (χ2v) is 5.51. The molecular formula is C15H21IO3. The maximum atomic E-state index is 11.8. The Hall–Kier alpha value is -0.620. The number of para-hydroxylation sites is 1. The number of alkyl halides is 1. The zero-order chi connectivity index (χ0) is 13.9. The molecule has 0 heterocycles. The van der Waals surface area contributed by atoms with E-state index in [-0.39, 0.29) is 11.9 Å². The smallest absolute Gasteiger partial charge is 0.314 e. The van der Waals surface area contributed by atoms with Crippen LogP contribution in [-0.4, -0.2) is 23.6 Å². The maximum absolute atomic E-state index is 11.8. The third kappa shape index (κ3) is 7.52. The lowest BCUT2D eigenvalue weighted by molar-refractivity contribution is -0.139. The van der Waals surface area contributed by atoms with E-state index in [0.717, 1.165) is 13.0 Å². The van der Waals surface area contributed by atoms with Crippen LogP contribution in [-0.2, 0) is 9.53 Å². The zero-order valence-corrected chi connectivity index (χ0v) is 13.5. The highest BCUT2D eigenvalue weighted by atomic mass is 127. The molecule has 1 aromatic rings. The molecule has 106 valence electrons. The number of carbonyl (C=O) groups excluding carboxylic acids is 1. The van der Waals surface area contributed by atoms with Crippen LogP contribution in [0.5, 0.6) is 5.75 Å². The minimum Gasteiger partial charge on any atom is -0.426 e. The Morgan fingerprint density at radius 1 is 1.21 bits per heavy atom. The molecule has 0 bridgehead atoms. The minimum absolute atomic E-state index is 0.134. The number of ether oxygens (including phenoxy) is 2. The fraction of sp³-hybridized carbons (Fsp3) is 0.533. The molecule has 1 unspecified atom stereocenters. The first-order chi connectivity index (χ1) is 9.24. The van der Waals surface area contributed by atoms with Gasteiger partial charge in [0.05, 0.1) is 5.92 Å². The van der Waals surface area contributed by atoms with Crippen LogP contribution >= 0.6 is 22.6 Å². The van der Waals surface area contributed by atoms with Gasteiger partial charge in [-0.15, -0.1) is 0 Å². The van der Waals surface area contributed by atoms with Gasteiger partial charge < -0.3 is 9.47 Å². The topological polar surface area (TPSA) is 35.5 Å². The first-order valence-corrected chi connectivity index (χ1v) is 8.17. The maximum Gasteiger partial charge on any atom is 0.314 e. The Balaban J connectivity index is 2.15. The number of hydrogen-bond acceptors (Lipinski definition) is 3. The lowest BCUT2D eigenvalue weighted by Crippen LogP contribution is -2.19. The van der Waals surface area contributed by atoms with Gasteiger partial charge in [0, 0.05) is 13.2 Å².